The Morgan fingerprint density at radius 1 is 1.21 bits per heavy atom. The smallest absolute Gasteiger partial charge is 0.167 e. The molecule has 1 aliphatic carbocycles. The fourth-order valence-electron chi connectivity index (χ4n) is 3.02. The average molecular weight is 271 g/mol. The normalized spacial score (nSPS) is 17.5. The number of halogens is 2. The molecule has 0 bridgehead atoms. The number of hydrogen-bond acceptors (Lipinski definition) is 3. The van der Waals surface area contributed by atoms with Gasteiger partial charge < -0.3 is 15.2 Å². The highest BCUT2D eigenvalue weighted by Crippen LogP contribution is 2.48. The SMILES string of the molecule is COc1cc(F)c(F)c(C2(CN)CCCC2)c1OC. The summed E-state index contributed by atoms with van der Waals surface area (Å²) in [6, 6.07) is 1.01. The third-order valence-electron chi connectivity index (χ3n) is 4.04. The van der Waals surface area contributed by atoms with E-state index in [1.165, 1.54) is 14.2 Å². The van der Waals surface area contributed by atoms with Crippen molar-refractivity contribution < 1.29 is 18.3 Å². The summed E-state index contributed by atoms with van der Waals surface area (Å²) < 4.78 is 38.4. The summed E-state index contributed by atoms with van der Waals surface area (Å²) in [6.45, 7) is 0.271. The van der Waals surface area contributed by atoms with E-state index >= 15 is 0 Å². The van der Waals surface area contributed by atoms with Crippen LogP contribution in [-0.4, -0.2) is 20.8 Å². The van der Waals surface area contributed by atoms with Crippen LogP contribution in [0, 0.1) is 11.6 Å². The van der Waals surface area contributed by atoms with Crippen LogP contribution in [-0.2, 0) is 5.41 Å². The van der Waals surface area contributed by atoms with Crippen LogP contribution in [0.3, 0.4) is 0 Å². The van der Waals surface area contributed by atoms with E-state index in [1.54, 1.807) is 0 Å². The molecule has 3 nitrogen and oxygen atoms in total. The van der Waals surface area contributed by atoms with E-state index in [0.29, 0.717) is 0 Å². The maximum atomic E-state index is 14.3. The Hall–Kier alpha value is -1.36. The third-order valence-corrected chi connectivity index (χ3v) is 4.04. The van der Waals surface area contributed by atoms with Gasteiger partial charge in [0.1, 0.15) is 0 Å². The molecule has 1 aromatic carbocycles. The molecule has 0 spiro atoms. The van der Waals surface area contributed by atoms with E-state index in [0.717, 1.165) is 31.7 Å². The summed E-state index contributed by atoms with van der Waals surface area (Å²) in [5.74, 6) is -1.33. The molecule has 19 heavy (non-hydrogen) atoms. The van der Waals surface area contributed by atoms with Crippen molar-refractivity contribution >= 4 is 0 Å². The number of methoxy groups -OCH3 is 2. The molecule has 1 fully saturated rings. The Morgan fingerprint density at radius 3 is 2.32 bits per heavy atom. The van der Waals surface area contributed by atoms with Crippen LogP contribution in [0.5, 0.6) is 11.5 Å². The van der Waals surface area contributed by atoms with Gasteiger partial charge in [0.25, 0.3) is 0 Å². The minimum absolute atomic E-state index is 0.205. The van der Waals surface area contributed by atoms with Crippen molar-refractivity contribution in [3.05, 3.63) is 23.3 Å². The molecule has 0 saturated heterocycles. The van der Waals surface area contributed by atoms with E-state index < -0.39 is 17.0 Å². The van der Waals surface area contributed by atoms with E-state index in [-0.39, 0.29) is 23.6 Å². The van der Waals surface area contributed by atoms with Gasteiger partial charge in [-0.05, 0) is 12.8 Å². The molecule has 0 aliphatic heterocycles. The van der Waals surface area contributed by atoms with Crippen molar-refractivity contribution in [2.75, 3.05) is 20.8 Å². The standard InChI is InChI=1S/C14H19F2NO2/c1-18-10-7-9(15)12(16)11(13(10)19-2)14(8-17)5-3-4-6-14/h7H,3-6,8,17H2,1-2H3. The van der Waals surface area contributed by atoms with Crippen LogP contribution in [0.25, 0.3) is 0 Å². The molecule has 0 radical (unpaired) electrons. The second-order valence-corrected chi connectivity index (χ2v) is 4.97. The van der Waals surface area contributed by atoms with Crippen LogP contribution >= 0.6 is 0 Å². The molecule has 5 heteroatoms. The fraction of sp³-hybridized carbons (Fsp3) is 0.571. The lowest BCUT2D eigenvalue weighted by Gasteiger charge is -2.30. The molecular formula is C14H19F2NO2. The number of nitrogens with two attached hydrogens (primary N) is 1. The largest absolute Gasteiger partial charge is 0.493 e. The summed E-state index contributed by atoms with van der Waals surface area (Å²) in [6.07, 6.45) is 3.39. The average Bonchev–Trinajstić information content (AvgIpc) is 2.90. The zero-order chi connectivity index (χ0) is 14.0. The number of hydrogen-bond donors (Lipinski definition) is 1. The molecule has 0 aromatic heterocycles. The van der Waals surface area contributed by atoms with Gasteiger partial charge in [0.15, 0.2) is 23.1 Å². The van der Waals surface area contributed by atoms with Gasteiger partial charge in [0, 0.05) is 23.6 Å². The summed E-state index contributed by atoms with van der Waals surface area (Å²) in [4.78, 5) is 0. The molecule has 0 heterocycles. The van der Waals surface area contributed by atoms with Gasteiger partial charge in [-0.25, -0.2) is 8.78 Å². The Morgan fingerprint density at radius 2 is 1.84 bits per heavy atom. The van der Waals surface area contributed by atoms with Crippen LogP contribution in [0.15, 0.2) is 6.07 Å². The van der Waals surface area contributed by atoms with E-state index in [9.17, 15) is 8.78 Å². The fourth-order valence-corrected chi connectivity index (χ4v) is 3.02. The predicted octanol–water partition coefficient (Wildman–Crippen LogP) is 2.75. The van der Waals surface area contributed by atoms with Gasteiger partial charge in [-0.1, -0.05) is 12.8 Å². The summed E-state index contributed by atoms with van der Waals surface area (Å²) in [5, 5.41) is 0. The van der Waals surface area contributed by atoms with Gasteiger partial charge in [-0.2, -0.15) is 0 Å². The lowest BCUT2D eigenvalue weighted by Crippen LogP contribution is -2.34. The maximum absolute atomic E-state index is 14.3. The highest BCUT2D eigenvalue weighted by atomic mass is 19.2. The molecule has 1 aliphatic rings. The Kier molecular flexibility index (Phi) is 3.94. The van der Waals surface area contributed by atoms with Crippen LogP contribution in [0.2, 0.25) is 0 Å². The van der Waals surface area contributed by atoms with E-state index in [2.05, 4.69) is 0 Å². The minimum atomic E-state index is -0.924. The maximum Gasteiger partial charge on any atom is 0.167 e. The molecular weight excluding hydrogens is 252 g/mol. The van der Waals surface area contributed by atoms with Crippen molar-refractivity contribution in [1.82, 2.24) is 0 Å². The molecule has 0 atom stereocenters. The number of benzene rings is 1. The zero-order valence-electron chi connectivity index (χ0n) is 11.3. The highest BCUT2D eigenvalue weighted by Gasteiger charge is 2.41. The zero-order valence-corrected chi connectivity index (χ0v) is 11.3. The quantitative estimate of drug-likeness (QED) is 0.915. The predicted molar refractivity (Wildman–Crippen MR) is 68.7 cm³/mol. The first-order valence-electron chi connectivity index (χ1n) is 6.40. The minimum Gasteiger partial charge on any atom is -0.493 e. The molecule has 2 rings (SSSR count). The van der Waals surface area contributed by atoms with Crippen molar-refractivity contribution in [2.45, 2.75) is 31.1 Å². The molecule has 1 aromatic rings. The Bertz CT molecular complexity index is 471. The van der Waals surface area contributed by atoms with E-state index in [4.69, 9.17) is 15.2 Å². The van der Waals surface area contributed by atoms with Gasteiger partial charge in [0.05, 0.1) is 14.2 Å². The lowest BCUT2D eigenvalue weighted by atomic mass is 9.78. The molecule has 2 N–H and O–H groups in total. The topological polar surface area (TPSA) is 44.5 Å². The lowest BCUT2D eigenvalue weighted by molar-refractivity contribution is 0.320. The highest BCUT2D eigenvalue weighted by molar-refractivity contribution is 5.52. The first-order chi connectivity index (χ1) is 9.09. The van der Waals surface area contributed by atoms with Gasteiger partial charge in [-0.3, -0.25) is 0 Å². The van der Waals surface area contributed by atoms with Crippen molar-refractivity contribution in [1.29, 1.82) is 0 Å². The number of rotatable bonds is 4. The first kappa shape index (κ1) is 14.1. The van der Waals surface area contributed by atoms with E-state index in [1.807, 2.05) is 0 Å². The van der Waals surface area contributed by atoms with Crippen LogP contribution in [0.4, 0.5) is 8.78 Å². The summed E-state index contributed by atoms with van der Waals surface area (Å²) in [7, 11) is 2.83. The van der Waals surface area contributed by atoms with Gasteiger partial charge in [0.2, 0.25) is 0 Å². The molecule has 0 unspecified atom stereocenters. The Balaban J connectivity index is 2.69. The van der Waals surface area contributed by atoms with Crippen molar-refractivity contribution in [2.24, 2.45) is 5.73 Å². The molecule has 1 saturated carbocycles. The van der Waals surface area contributed by atoms with Crippen molar-refractivity contribution in [3.8, 4) is 11.5 Å². The summed E-state index contributed by atoms with van der Waals surface area (Å²) in [5.41, 5.74) is 5.53. The van der Waals surface area contributed by atoms with Crippen LogP contribution in [0.1, 0.15) is 31.2 Å². The van der Waals surface area contributed by atoms with Gasteiger partial charge >= 0.3 is 0 Å². The second-order valence-electron chi connectivity index (χ2n) is 4.97. The summed E-state index contributed by atoms with van der Waals surface area (Å²) >= 11 is 0. The third kappa shape index (κ3) is 2.16. The van der Waals surface area contributed by atoms with Crippen molar-refractivity contribution in [3.63, 3.8) is 0 Å². The van der Waals surface area contributed by atoms with Gasteiger partial charge in [-0.15, -0.1) is 0 Å². The molecule has 106 valence electrons. The number of ether oxygens (including phenoxy) is 2. The monoisotopic (exact) mass is 271 g/mol. The Labute approximate surface area is 111 Å². The molecule has 0 amide bonds. The second kappa shape index (κ2) is 5.33. The van der Waals surface area contributed by atoms with Crippen LogP contribution < -0.4 is 15.2 Å². The first-order valence-corrected chi connectivity index (χ1v) is 6.40.